The maximum absolute atomic E-state index is 13.4. The van der Waals surface area contributed by atoms with Crippen molar-refractivity contribution in [3.05, 3.63) is 35.4 Å². The summed E-state index contributed by atoms with van der Waals surface area (Å²) in [5.41, 5.74) is 0.562. The summed E-state index contributed by atoms with van der Waals surface area (Å²) < 4.78 is 26.5. The van der Waals surface area contributed by atoms with Crippen molar-refractivity contribution in [2.45, 2.75) is 51.3 Å². The summed E-state index contributed by atoms with van der Waals surface area (Å²) in [7, 11) is 1.67. The lowest BCUT2D eigenvalue weighted by Gasteiger charge is -2.30. The predicted octanol–water partition coefficient (Wildman–Crippen LogP) is 2.72. The number of amides is 1. The van der Waals surface area contributed by atoms with Gasteiger partial charge < -0.3 is 10.0 Å². The molecule has 4 nitrogen and oxygen atoms in total. The number of aliphatic hydroxyl groups excluding tert-OH is 1. The Morgan fingerprint density at radius 3 is 2.71 bits per heavy atom. The Bertz CT molecular complexity index is 580. The molecule has 1 heterocycles. The van der Waals surface area contributed by atoms with Crippen LogP contribution in [0.3, 0.4) is 0 Å². The van der Waals surface area contributed by atoms with Crippen LogP contribution < -0.4 is 0 Å². The molecular weight excluding hydrogens is 314 g/mol. The third kappa shape index (κ3) is 4.51. The van der Waals surface area contributed by atoms with Gasteiger partial charge in [-0.1, -0.05) is 6.07 Å². The zero-order valence-corrected chi connectivity index (χ0v) is 14.5. The first-order chi connectivity index (χ1) is 11.3. The first kappa shape index (κ1) is 18.8. The molecular formula is C18H26F2N2O2. The number of nitrogens with zero attached hydrogens (tertiary/aromatic N) is 2. The molecule has 24 heavy (non-hydrogen) atoms. The summed E-state index contributed by atoms with van der Waals surface area (Å²) in [5, 5.41) is 9.57. The van der Waals surface area contributed by atoms with E-state index in [1.165, 1.54) is 6.07 Å². The highest BCUT2D eigenvalue weighted by molar-refractivity contribution is 5.78. The third-order valence-electron chi connectivity index (χ3n) is 4.85. The topological polar surface area (TPSA) is 43.8 Å². The largest absolute Gasteiger partial charge is 0.393 e. The number of benzene rings is 1. The standard InChI is InChI=1S/C18H26F2N2O2/c1-12(23)9-15-5-4-8-22(15)11-18(24)21(3)13(2)14-6-7-16(19)17(20)10-14/h6-7,10,12-13,15,23H,4-5,8-9,11H2,1-3H3. The highest BCUT2D eigenvalue weighted by atomic mass is 19.2. The number of rotatable bonds is 6. The molecule has 0 aromatic heterocycles. The molecule has 1 saturated heterocycles. The van der Waals surface area contributed by atoms with Crippen molar-refractivity contribution in [3.63, 3.8) is 0 Å². The van der Waals surface area contributed by atoms with Crippen molar-refractivity contribution in [3.8, 4) is 0 Å². The molecule has 1 fully saturated rings. The zero-order valence-electron chi connectivity index (χ0n) is 14.5. The summed E-state index contributed by atoms with van der Waals surface area (Å²) in [4.78, 5) is 16.2. The molecule has 134 valence electrons. The molecule has 1 amide bonds. The molecule has 1 aromatic rings. The summed E-state index contributed by atoms with van der Waals surface area (Å²) in [6, 6.07) is 3.60. The molecule has 3 atom stereocenters. The van der Waals surface area contributed by atoms with E-state index in [4.69, 9.17) is 0 Å². The molecule has 0 saturated carbocycles. The number of carbonyl (C=O) groups excluding carboxylic acids is 1. The van der Waals surface area contributed by atoms with Gasteiger partial charge in [0.15, 0.2) is 11.6 Å². The zero-order chi connectivity index (χ0) is 17.9. The Labute approximate surface area is 142 Å². The number of likely N-dealkylation sites (tertiary alicyclic amines) is 1. The van der Waals surface area contributed by atoms with E-state index >= 15 is 0 Å². The Hall–Kier alpha value is -1.53. The number of hydrogen-bond acceptors (Lipinski definition) is 3. The molecule has 6 heteroatoms. The SMILES string of the molecule is CC(O)CC1CCCN1CC(=O)N(C)C(C)c1ccc(F)c(F)c1. The van der Waals surface area contributed by atoms with Crippen LogP contribution in [0, 0.1) is 11.6 Å². The van der Waals surface area contributed by atoms with Crippen LogP contribution in [0.15, 0.2) is 18.2 Å². The molecule has 2 rings (SSSR count). The van der Waals surface area contributed by atoms with Gasteiger partial charge in [-0.2, -0.15) is 0 Å². The van der Waals surface area contributed by atoms with Gasteiger partial charge in [0.25, 0.3) is 0 Å². The molecule has 0 aliphatic carbocycles. The van der Waals surface area contributed by atoms with Crippen LogP contribution in [0.1, 0.15) is 44.7 Å². The maximum atomic E-state index is 13.4. The van der Waals surface area contributed by atoms with Gasteiger partial charge >= 0.3 is 0 Å². The lowest BCUT2D eigenvalue weighted by atomic mass is 10.1. The average Bonchev–Trinajstić information content (AvgIpc) is 2.94. The van der Waals surface area contributed by atoms with Crippen molar-refractivity contribution in [1.29, 1.82) is 0 Å². The number of halogens is 2. The van der Waals surface area contributed by atoms with Gasteiger partial charge in [-0.25, -0.2) is 8.78 Å². The van der Waals surface area contributed by atoms with Gasteiger partial charge in [0, 0.05) is 13.1 Å². The predicted molar refractivity (Wildman–Crippen MR) is 88.4 cm³/mol. The van der Waals surface area contributed by atoms with Crippen LogP contribution in [0.2, 0.25) is 0 Å². The lowest BCUT2D eigenvalue weighted by molar-refractivity contribution is -0.133. The van der Waals surface area contributed by atoms with Crippen molar-refractivity contribution in [1.82, 2.24) is 9.80 Å². The smallest absolute Gasteiger partial charge is 0.237 e. The Morgan fingerprint density at radius 2 is 2.08 bits per heavy atom. The molecule has 1 aliphatic heterocycles. The molecule has 0 radical (unpaired) electrons. The van der Waals surface area contributed by atoms with Crippen molar-refractivity contribution in [2.24, 2.45) is 0 Å². The van der Waals surface area contributed by atoms with Gasteiger partial charge in [-0.3, -0.25) is 9.69 Å². The molecule has 3 unspecified atom stereocenters. The van der Waals surface area contributed by atoms with Crippen molar-refractivity contribution < 1.29 is 18.7 Å². The Kier molecular flexibility index (Phi) is 6.29. The molecule has 1 N–H and O–H groups in total. The molecule has 0 bridgehead atoms. The van der Waals surface area contributed by atoms with Crippen LogP contribution in [0.4, 0.5) is 8.78 Å². The van der Waals surface area contributed by atoms with Gasteiger partial charge in [0.2, 0.25) is 5.91 Å². The van der Waals surface area contributed by atoms with E-state index in [-0.39, 0.29) is 30.6 Å². The summed E-state index contributed by atoms with van der Waals surface area (Å²) >= 11 is 0. The van der Waals surface area contributed by atoms with E-state index in [2.05, 4.69) is 4.90 Å². The molecule has 1 aliphatic rings. The van der Waals surface area contributed by atoms with E-state index in [1.807, 2.05) is 0 Å². The van der Waals surface area contributed by atoms with Crippen LogP contribution in [-0.2, 0) is 4.79 Å². The molecule has 0 spiro atoms. The van der Waals surface area contributed by atoms with Crippen LogP contribution in [-0.4, -0.2) is 53.1 Å². The van der Waals surface area contributed by atoms with Gasteiger partial charge in [0.1, 0.15) is 0 Å². The minimum atomic E-state index is -0.906. The van der Waals surface area contributed by atoms with Crippen molar-refractivity contribution >= 4 is 5.91 Å². The van der Waals surface area contributed by atoms with Gasteiger partial charge in [-0.05, 0) is 57.4 Å². The highest BCUT2D eigenvalue weighted by Gasteiger charge is 2.29. The highest BCUT2D eigenvalue weighted by Crippen LogP contribution is 2.24. The van der Waals surface area contributed by atoms with Crippen LogP contribution >= 0.6 is 0 Å². The summed E-state index contributed by atoms with van der Waals surface area (Å²) in [5.74, 6) is -1.86. The number of aliphatic hydroxyl groups is 1. The maximum Gasteiger partial charge on any atom is 0.237 e. The van der Waals surface area contributed by atoms with E-state index in [9.17, 15) is 18.7 Å². The lowest BCUT2D eigenvalue weighted by Crippen LogP contribution is -2.42. The Morgan fingerprint density at radius 1 is 1.38 bits per heavy atom. The number of carbonyl (C=O) groups is 1. The quantitative estimate of drug-likeness (QED) is 0.866. The van der Waals surface area contributed by atoms with E-state index < -0.39 is 11.6 Å². The second kappa shape index (κ2) is 8.03. The normalized spacial score (nSPS) is 20.8. The van der Waals surface area contributed by atoms with E-state index in [1.54, 1.807) is 25.8 Å². The van der Waals surface area contributed by atoms with Crippen LogP contribution in [0.5, 0.6) is 0 Å². The second-order valence-electron chi connectivity index (χ2n) is 6.71. The molecule has 1 aromatic carbocycles. The minimum Gasteiger partial charge on any atom is -0.393 e. The minimum absolute atomic E-state index is 0.0651. The third-order valence-corrected chi connectivity index (χ3v) is 4.85. The fourth-order valence-electron chi connectivity index (χ4n) is 3.26. The summed E-state index contributed by atoms with van der Waals surface area (Å²) in [6.45, 7) is 4.68. The number of likely N-dealkylation sites (N-methyl/N-ethyl adjacent to an activating group) is 1. The fourth-order valence-corrected chi connectivity index (χ4v) is 3.26. The van der Waals surface area contributed by atoms with Gasteiger partial charge in [0.05, 0.1) is 18.7 Å². The monoisotopic (exact) mass is 340 g/mol. The first-order valence-corrected chi connectivity index (χ1v) is 8.42. The first-order valence-electron chi connectivity index (χ1n) is 8.42. The average molecular weight is 340 g/mol. The summed E-state index contributed by atoms with van der Waals surface area (Å²) in [6.07, 6.45) is 2.29. The van der Waals surface area contributed by atoms with E-state index in [0.717, 1.165) is 31.5 Å². The number of hydrogen-bond donors (Lipinski definition) is 1. The fraction of sp³-hybridized carbons (Fsp3) is 0.611. The van der Waals surface area contributed by atoms with Crippen LogP contribution in [0.25, 0.3) is 0 Å². The van der Waals surface area contributed by atoms with Crippen molar-refractivity contribution in [2.75, 3.05) is 20.1 Å². The Balaban J connectivity index is 1.99. The van der Waals surface area contributed by atoms with Gasteiger partial charge in [-0.15, -0.1) is 0 Å². The van der Waals surface area contributed by atoms with E-state index in [0.29, 0.717) is 12.0 Å². The second-order valence-corrected chi connectivity index (χ2v) is 6.71.